The molecule has 7 heteroatoms. The summed E-state index contributed by atoms with van der Waals surface area (Å²) in [5, 5.41) is 9.44. The number of nitriles is 1. The number of carbonyl (C=O) groups excluding carboxylic acids is 1. The molecule has 2 rings (SSSR count). The summed E-state index contributed by atoms with van der Waals surface area (Å²) in [4.78, 5) is 19.9. The number of anilines is 1. The van der Waals surface area contributed by atoms with E-state index in [1.165, 1.54) is 0 Å². The molecule has 0 unspecified atom stereocenters. The number of nitrogens with zero attached hydrogens (tertiary/aromatic N) is 4. The van der Waals surface area contributed by atoms with Crippen LogP contribution in [0.2, 0.25) is 5.02 Å². The molecule has 1 aliphatic heterocycles. The number of carbonyl (C=O) groups is 1. The number of hydrogen-bond donors (Lipinski definition) is 0. The van der Waals surface area contributed by atoms with Gasteiger partial charge in [-0.1, -0.05) is 11.6 Å². The van der Waals surface area contributed by atoms with Crippen LogP contribution in [0.25, 0.3) is 0 Å². The van der Waals surface area contributed by atoms with Crippen molar-refractivity contribution >= 4 is 23.5 Å². The third kappa shape index (κ3) is 4.01. The van der Waals surface area contributed by atoms with Crippen LogP contribution in [0.5, 0.6) is 0 Å². The Bertz CT molecular complexity index is 599. The third-order valence-electron chi connectivity index (χ3n) is 3.17. The Morgan fingerprint density at radius 3 is 2.50 bits per heavy atom. The van der Waals surface area contributed by atoms with Gasteiger partial charge in [0, 0.05) is 26.2 Å². The predicted octanol–water partition coefficient (Wildman–Crippen LogP) is 2.66. The molecule has 6 nitrogen and oxygen atoms in total. The normalized spacial score (nSPS) is 15.4. The number of ether oxygens (including phenoxy) is 1. The summed E-state index contributed by atoms with van der Waals surface area (Å²) in [5.74, 6) is 0.588. The number of pyridine rings is 1. The Balaban J connectivity index is 2.01. The molecule has 1 amide bonds. The zero-order chi connectivity index (χ0) is 16.3. The molecule has 118 valence electrons. The summed E-state index contributed by atoms with van der Waals surface area (Å²) in [6, 6.07) is 5.26. The zero-order valence-electron chi connectivity index (χ0n) is 13.0. The average molecular weight is 323 g/mol. The first-order valence-electron chi connectivity index (χ1n) is 7.09. The monoisotopic (exact) mass is 322 g/mol. The largest absolute Gasteiger partial charge is 0.444 e. The van der Waals surface area contributed by atoms with Crippen molar-refractivity contribution in [1.29, 1.82) is 5.26 Å². The first kappa shape index (κ1) is 16.4. The van der Waals surface area contributed by atoms with Gasteiger partial charge in [-0.15, -0.1) is 0 Å². The lowest BCUT2D eigenvalue weighted by Crippen LogP contribution is -2.50. The van der Waals surface area contributed by atoms with Gasteiger partial charge in [0.1, 0.15) is 23.2 Å². The van der Waals surface area contributed by atoms with Crippen molar-refractivity contribution in [1.82, 2.24) is 9.88 Å². The maximum atomic E-state index is 12.0. The second kappa shape index (κ2) is 6.41. The Kier molecular flexibility index (Phi) is 4.77. The molecule has 2 heterocycles. The number of aromatic nitrogens is 1. The highest BCUT2D eigenvalue weighted by Gasteiger charge is 2.27. The maximum absolute atomic E-state index is 12.0. The number of halogens is 1. The highest BCUT2D eigenvalue weighted by atomic mass is 35.5. The van der Waals surface area contributed by atoms with E-state index in [0.717, 1.165) is 0 Å². The van der Waals surface area contributed by atoms with E-state index >= 15 is 0 Å². The minimum Gasteiger partial charge on any atom is -0.444 e. The van der Waals surface area contributed by atoms with Crippen molar-refractivity contribution in [2.75, 3.05) is 31.1 Å². The molecule has 0 saturated carbocycles. The van der Waals surface area contributed by atoms with E-state index in [1.54, 1.807) is 17.0 Å². The van der Waals surface area contributed by atoms with Gasteiger partial charge in [0.25, 0.3) is 0 Å². The summed E-state index contributed by atoms with van der Waals surface area (Å²) in [7, 11) is 0. The molecule has 0 N–H and O–H groups in total. The number of rotatable bonds is 1. The molecule has 0 atom stereocenters. The Labute approximate surface area is 135 Å². The smallest absolute Gasteiger partial charge is 0.410 e. The van der Waals surface area contributed by atoms with Crippen molar-refractivity contribution < 1.29 is 9.53 Å². The van der Waals surface area contributed by atoms with Crippen LogP contribution in [0.4, 0.5) is 10.6 Å². The molecule has 1 aliphatic rings. The van der Waals surface area contributed by atoms with Gasteiger partial charge < -0.3 is 14.5 Å². The lowest BCUT2D eigenvalue weighted by Gasteiger charge is -2.36. The van der Waals surface area contributed by atoms with Gasteiger partial charge in [-0.3, -0.25) is 0 Å². The van der Waals surface area contributed by atoms with Gasteiger partial charge in [-0.05, 0) is 32.9 Å². The summed E-state index contributed by atoms with van der Waals surface area (Å²) >= 11 is 6.15. The lowest BCUT2D eigenvalue weighted by molar-refractivity contribution is 0.0240. The Morgan fingerprint density at radius 1 is 1.32 bits per heavy atom. The Morgan fingerprint density at radius 2 is 1.95 bits per heavy atom. The highest BCUT2D eigenvalue weighted by molar-refractivity contribution is 6.32. The van der Waals surface area contributed by atoms with Crippen LogP contribution in [0.1, 0.15) is 26.5 Å². The minimum atomic E-state index is -0.500. The van der Waals surface area contributed by atoms with E-state index in [-0.39, 0.29) is 6.09 Å². The van der Waals surface area contributed by atoms with Gasteiger partial charge in [0.15, 0.2) is 0 Å². The number of amides is 1. The summed E-state index contributed by atoms with van der Waals surface area (Å²) in [5.41, 5.74) is -0.172. The third-order valence-corrected chi connectivity index (χ3v) is 3.47. The van der Waals surface area contributed by atoms with Crippen molar-refractivity contribution in [3.05, 3.63) is 22.8 Å². The van der Waals surface area contributed by atoms with Crippen LogP contribution in [-0.4, -0.2) is 47.8 Å². The van der Waals surface area contributed by atoms with Gasteiger partial charge >= 0.3 is 6.09 Å². The second-order valence-corrected chi connectivity index (χ2v) is 6.48. The van der Waals surface area contributed by atoms with E-state index in [1.807, 2.05) is 31.7 Å². The summed E-state index contributed by atoms with van der Waals surface area (Å²) < 4.78 is 5.36. The molecule has 1 saturated heterocycles. The van der Waals surface area contributed by atoms with E-state index in [2.05, 4.69) is 4.98 Å². The van der Waals surface area contributed by atoms with E-state index in [4.69, 9.17) is 21.6 Å². The molecule has 1 fully saturated rings. The van der Waals surface area contributed by atoms with Crippen LogP contribution in [-0.2, 0) is 4.74 Å². The van der Waals surface area contributed by atoms with Gasteiger partial charge in [-0.25, -0.2) is 9.78 Å². The fraction of sp³-hybridized carbons (Fsp3) is 0.533. The second-order valence-electron chi connectivity index (χ2n) is 6.07. The molecule has 0 bridgehead atoms. The fourth-order valence-electron chi connectivity index (χ4n) is 2.14. The zero-order valence-corrected chi connectivity index (χ0v) is 13.7. The number of hydrogen-bond acceptors (Lipinski definition) is 5. The van der Waals surface area contributed by atoms with Gasteiger partial charge in [0.05, 0.1) is 5.02 Å². The molecular weight excluding hydrogens is 304 g/mol. The molecule has 0 radical (unpaired) electrons. The molecule has 1 aromatic rings. The summed E-state index contributed by atoms with van der Waals surface area (Å²) in [6.45, 7) is 7.80. The van der Waals surface area contributed by atoms with E-state index in [9.17, 15) is 4.79 Å². The molecule has 0 spiro atoms. The predicted molar refractivity (Wildman–Crippen MR) is 84.0 cm³/mol. The van der Waals surface area contributed by atoms with Crippen LogP contribution >= 0.6 is 11.6 Å². The van der Waals surface area contributed by atoms with Gasteiger partial charge in [0.2, 0.25) is 0 Å². The number of piperazine rings is 1. The van der Waals surface area contributed by atoms with E-state index in [0.29, 0.717) is 42.7 Å². The van der Waals surface area contributed by atoms with Crippen LogP contribution < -0.4 is 4.90 Å². The van der Waals surface area contributed by atoms with E-state index < -0.39 is 5.60 Å². The lowest BCUT2D eigenvalue weighted by atomic mass is 10.2. The topological polar surface area (TPSA) is 69.5 Å². The highest BCUT2D eigenvalue weighted by Crippen LogP contribution is 2.25. The van der Waals surface area contributed by atoms with Gasteiger partial charge in [-0.2, -0.15) is 5.26 Å². The van der Waals surface area contributed by atoms with Crippen molar-refractivity contribution in [2.24, 2.45) is 0 Å². The SMILES string of the molecule is CC(C)(C)OC(=O)N1CCN(c2nc(C#N)ccc2Cl)CC1. The van der Waals surface area contributed by atoms with Crippen molar-refractivity contribution in [3.63, 3.8) is 0 Å². The molecule has 1 aromatic heterocycles. The molecule has 22 heavy (non-hydrogen) atoms. The van der Waals surface area contributed by atoms with Crippen LogP contribution in [0, 0.1) is 11.3 Å². The minimum absolute atomic E-state index is 0.308. The Hall–Kier alpha value is -2.00. The first-order chi connectivity index (χ1) is 10.3. The maximum Gasteiger partial charge on any atom is 0.410 e. The first-order valence-corrected chi connectivity index (χ1v) is 7.47. The summed E-state index contributed by atoms with van der Waals surface area (Å²) in [6.07, 6.45) is -0.308. The standard InChI is InChI=1S/C15H19ClN4O2/c1-15(2,3)22-14(21)20-8-6-19(7-9-20)13-12(16)5-4-11(10-17)18-13/h4-5H,6-9H2,1-3H3. The fourth-order valence-corrected chi connectivity index (χ4v) is 2.37. The van der Waals surface area contributed by atoms with Crippen LogP contribution in [0.3, 0.4) is 0 Å². The van der Waals surface area contributed by atoms with Crippen LogP contribution in [0.15, 0.2) is 12.1 Å². The molecule has 0 aromatic carbocycles. The molecular formula is C15H19ClN4O2. The quantitative estimate of drug-likeness (QED) is 0.795. The van der Waals surface area contributed by atoms with Crippen molar-refractivity contribution in [3.8, 4) is 6.07 Å². The average Bonchev–Trinajstić information content (AvgIpc) is 2.46. The molecule has 0 aliphatic carbocycles. The van der Waals surface area contributed by atoms with Crippen molar-refractivity contribution in [2.45, 2.75) is 26.4 Å².